The normalized spacial score (nSPS) is 24.9. The summed E-state index contributed by atoms with van der Waals surface area (Å²) in [6.07, 6.45) is 4.16. The molecule has 0 saturated heterocycles. The molecule has 3 rings (SSSR count). The fourth-order valence-electron chi connectivity index (χ4n) is 3.19. The number of halogens is 1. The molecule has 1 aromatic carbocycles. The zero-order chi connectivity index (χ0) is 13.9. The Morgan fingerprint density at radius 2 is 2.10 bits per heavy atom. The molecule has 1 aliphatic heterocycles. The van der Waals surface area contributed by atoms with Crippen LogP contribution in [0.2, 0.25) is 0 Å². The lowest BCUT2D eigenvalue weighted by molar-refractivity contribution is 0.170. The second-order valence-corrected chi connectivity index (χ2v) is 6.76. The van der Waals surface area contributed by atoms with Gasteiger partial charge < -0.3 is 14.8 Å². The number of hydrogen-bond donors (Lipinski definition) is 1. The quantitative estimate of drug-likeness (QED) is 0.906. The van der Waals surface area contributed by atoms with Gasteiger partial charge in [-0.1, -0.05) is 19.8 Å². The Bertz CT molecular complexity index is 478. The smallest absolute Gasteiger partial charge is 0.175 e. The van der Waals surface area contributed by atoms with Crippen molar-refractivity contribution in [1.29, 1.82) is 0 Å². The Labute approximate surface area is 129 Å². The fourth-order valence-corrected chi connectivity index (χ4v) is 3.80. The molecule has 1 aromatic rings. The van der Waals surface area contributed by atoms with Crippen LogP contribution in [0.4, 0.5) is 0 Å². The topological polar surface area (TPSA) is 30.5 Å². The highest BCUT2D eigenvalue weighted by Crippen LogP contribution is 2.38. The van der Waals surface area contributed by atoms with Gasteiger partial charge >= 0.3 is 0 Å². The number of ether oxygens (including phenoxy) is 2. The van der Waals surface area contributed by atoms with Crippen LogP contribution in [0.1, 0.15) is 31.7 Å². The predicted octanol–water partition coefficient (Wildman–Crippen LogP) is 3.75. The maximum atomic E-state index is 5.66. The first kappa shape index (κ1) is 14.2. The second-order valence-electron chi connectivity index (χ2n) is 5.90. The molecule has 0 radical (unpaired) electrons. The Balaban J connectivity index is 1.59. The van der Waals surface area contributed by atoms with Crippen molar-refractivity contribution in [3.8, 4) is 11.5 Å². The summed E-state index contributed by atoms with van der Waals surface area (Å²) in [5.41, 5.74) is 1.24. The fraction of sp³-hybridized carbons (Fsp3) is 0.625. The van der Waals surface area contributed by atoms with E-state index in [1.165, 1.54) is 24.8 Å². The van der Waals surface area contributed by atoms with Gasteiger partial charge in [-0.25, -0.2) is 0 Å². The monoisotopic (exact) mass is 339 g/mol. The van der Waals surface area contributed by atoms with E-state index in [2.05, 4.69) is 40.3 Å². The molecule has 2 unspecified atom stereocenters. The Morgan fingerprint density at radius 3 is 2.90 bits per heavy atom. The van der Waals surface area contributed by atoms with Crippen molar-refractivity contribution in [3.05, 3.63) is 22.2 Å². The number of hydrogen-bond acceptors (Lipinski definition) is 3. The molecule has 1 N–H and O–H groups in total. The van der Waals surface area contributed by atoms with E-state index in [4.69, 9.17) is 9.47 Å². The summed E-state index contributed by atoms with van der Waals surface area (Å²) in [7, 11) is 0. The first-order valence-electron chi connectivity index (χ1n) is 7.53. The van der Waals surface area contributed by atoms with Crippen molar-refractivity contribution in [3.63, 3.8) is 0 Å². The molecule has 0 amide bonds. The Hall–Kier alpha value is -0.740. The van der Waals surface area contributed by atoms with Gasteiger partial charge in [0.05, 0.1) is 4.47 Å². The van der Waals surface area contributed by atoms with Gasteiger partial charge in [0.1, 0.15) is 13.2 Å². The van der Waals surface area contributed by atoms with Gasteiger partial charge in [0.2, 0.25) is 0 Å². The molecular formula is C16H22BrNO2. The summed E-state index contributed by atoms with van der Waals surface area (Å²) in [4.78, 5) is 0. The lowest BCUT2D eigenvalue weighted by Crippen LogP contribution is -2.24. The molecule has 0 bridgehead atoms. The van der Waals surface area contributed by atoms with Crippen molar-refractivity contribution in [2.45, 2.75) is 32.7 Å². The van der Waals surface area contributed by atoms with E-state index in [9.17, 15) is 0 Å². The number of rotatable bonds is 4. The van der Waals surface area contributed by atoms with E-state index in [1.54, 1.807) is 0 Å². The summed E-state index contributed by atoms with van der Waals surface area (Å²) < 4.78 is 12.3. The van der Waals surface area contributed by atoms with E-state index < -0.39 is 0 Å². The van der Waals surface area contributed by atoms with E-state index in [0.717, 1.165) is 40.9 Å². The van der Waals surface area contributed by atoms with Crippen LogP contribution in [-0.4, -0.2) is 19.8 Å². The molecule has 0 spiro atoms. The standard InChI is InChI=1S/C16H22BrNO2/c1-11-3-2-4-13(11)10-18-9-12-7-14(17)16-15(8-12)19-5-6-20-16/h7-8,11,13,18H,2-6,9-10H2,1H3. The van der Waals surface area contributed by atoms with Crippen LogP contribution in [0.25, 0.3) is 0 Å². The highest BCUT2D eigenvalue weighted by Gasteiger charge is 2.22. The lowest BCUT2D eigenvalue weighted by Gasteiger charge is -2.21. The van der Waals surface area contributed by atoms with Crippen molar-refractivity contribution in [2.24, 2.45) is 11.8 Å². The Kier molecular flexibility index (Phi) is 4.51. The van der Waals surface area contributed by atoms with Crippen molar-refractivity contribution < 1.29 is 9.47 Å². The van der Waals surface area contributed by atoms with Gasteiger partial charge in [0.15, 0.2) is 11.5 Å². The van der Waals surface area contributed by atoms with Gasteiger partial charge in [-0.3, -0.25) is 0 Å². The lowest BCUT2D eigenvalue weighted by atomic mass is 9.98. The first-order valence-corrected chi connectivity index (χ1v) is 8.32. The van der Waals surface area contributed by atoms with Gasteiger partial charge in [-0.2, -0.15) is 0 Å². The molecule has 20 heavy (non-hydrogen) atoms. The molecule has 3 nitrogen and oxygen atoms in total. The van der Waals surface area contributed by atoms with Crippen molar-refractivity contribution in [2.75, 3.05) is 19.8 Å². The third-order valence-corrected chi connectivity index (χ3v) is 5.02. The van der Waals surface area contributed by atoms with Gasteiger partial charge in [0.25, 0.3) is 0 Å². The summed E-state index contributed by atoms with van der Waals surface area (Å²) in [5.74, 6) is 3.41. The number of benzene rings is 1. The first-order chi connectivity index (χ1) is 9.74. The average Bonchev–Trinajstić information content (AvgIpc) is 2.85. The van der Waals surface area contributed by atoms with E-state index in [1.807, 2.05) is 0 Å². The predicted molar refractivity (Wildman–Crippen MR) is 83.3 cm³/mol. The van der Waals surface area contributed by atoms with Crippen molar-refractivity contribution >= 4 is 15.9 Å². The molecule has 2 aliphatic rings. The van der Waals surface area contributed by atoms with Crippen LogP contribution in [0, 0.1) is 11.8 Å². The summed E-state index contributed by atoms with van der Waals surface area (Å²) in [6.45, 7) is 5.64. The zero-order valence-electron chi connectivity index (χ0n) is 12.0. The van der Waals surface area contributed by atoms with Gasteiger partial charge in [-0.05, 0) is 58.4 Å². The van der Waals surface area contributed by atoms with Crippen LogP contribution < -0.4 is 14.8 Å². The highest BCUT2D eigenvalue weighted by atomic mass is 79.9. The third kappa shape index (κ3) is 3.12. The number of fused-ring (bicyclic) bond motifs is 1. The molecule has 0 aromatic heterocycles. The van der Waals surface area contributed by atoms with Gasteiger partial charge in [-0.15, -0.1) is 0 Å². The number of nitrogens with one attached hydrogen (secondary N) is 1. The average molecular weight is 340 g/mol. The minimum absolute atomic E-state index is 0.628. The Morgan fingerprint density at radius 1 is 1.25 bits per heavy atom. The molecule has 4 heteroatoms. The van der Waals surface area contributed by atoms with Crippen LogP contribution in [0.15, 0.2) is 16.6 Å². The SMILES string of the molecule is CC1CCCC1CNCc1cc(Br)c2c(c1)OCCO2. The highest BCUT2D eigenvalue weighted by molar-refractivity contribution is 9.10. The van der Waals surface area contributed by atoms with E-state index >= 15 is 0 Å². The molecule has 2 atom stereocenters. The molecule has 1 saturated carbocycles. The molecule has 1 fully saturated rings. The zero-order valence-corrected chi connectivity index (χ0v) is 13.5. The minimum atomic E-state index is 0.628. The van der Waals surface area contributed by atoms with E-state index in [0.29, 0.717) is 13.2 Å². The summed E-state index contributed by atoms with van der Waals surface area (Å²) >= 11 is 3.57. The second kappa shape index (κ2) is 6.35. The molecular weight excluding hydrogens is 318 g/mol. The van der Waals surface area contributed by atoms with Crippen molar-refractivity contribution in [1.82, 2.24) is 5.32 Å². The van der Waals surface area contributed by atoms with E-state index in [-0.39, 0.29) is 0 Å². The minimum Gasteiger partial charge on any atom is -0.486 e. The third-order valence-electron chi connectivity index (χ3n) is 4.43. The van der Waals surface area contributed by atoms with Crippen LogP contribution in [0.3, 0.4) is 0 Å². The summed E-state index contributed by atoms with van der Waals surface area (Å²) in [6, 6.07) is 4.21. The van der Waals surface area contributed by atoms with Crippen LogP contribution >= 0.6 is 15.9 Å². The maximum Gasteiger partial charge on any atom is 0.175 e. The molecule has 1 heterocycles. The largest absolute Gasteiger partial charge is 0.486 e. The summed E-state index contributed by atoms with van der Waals surface area (Å²) in [5, 5.41) is 3.59. The maximum absolute atomic E-state index is 5.66. The van der Waals surface area contributed by atoms with Crippen LogP contribution in [0.5, 0.6) is 11.5 Å². The van der Waals surface area contributed by atoms with Crippen LogP contribution in [-0.2, 0) is 6.54 Å². The molecule has 110 valence electrons. The molecule has 1 aliphatic carbocycles. The van der Waals surface area contributed by atoms with Gasteiger partial charge in [0, 0.05) is 6.54 Å².